The largest absolute Gasteiger partial charge is 0.306 e. The van der Waals surface area contributed by atoms with Crippen LogP contribution in [0.2, 0.25) is 0 Å². The zero-order valence-electron chi connectivity index (χ0n) is 5.26. The molecule has 0 radical (unpaired) electrons. The van der Waals surface area contributed by atoms with Crippen LogP contribution in [-0.2, 0) is 6.54 Å². The van der Waals surface area contributed by atoms with Crippen LogP contribution in [0.5, 0.6) is 0 Å². The molecule has 1 aliphatic heterocycles. The van der Waals surface area contributed by atoms with E-state index in [1.807, 2.05) is 6.07 Å². The summed E-state index contributed by atoms with van der Waals surface area (Å²) in [6, 6.07) is 1.87. The number of hydrazine groups is 2. The minimum absolute atomic E-state index is 0.705. The van der Waals surface area contributed by atoms with Crippen molar-refractivity contribution in [3.8, 4) is 0 Å². The first-order valence-corrected chi connectivity index (χ1v) is 3.01. The van der Waals surface area contributed by atoms with Gasteiger partial charge in [-0.1, -0.05) is 0 Å². The second-order valence-electron chi connectivity index (χ2n) is 2.00. The van der Waals surface area contributed by atoms with E-state index in [-0.39, 0.29) is 0 Å². The Balaban J connectivity index is 2.41. The van der Waals surface area contributed by atoms with E-state index in [0.29, 0.717) is 6.54 Å². The molecule has 3 N–H and O–H groups in total. The molecule has 0 fully saturated rings. The first kappa shape index (κ1) is 5.57. The highest BCUT2D eigenvalue weighted by Crippen LogP contribution is 2.10. The molecule has 2 rings (SSSR count). The first-order valence-electron chi connectivity index (χ1n) is 3.01. The third-order valence-corrected chi connectivity index (χ3v) is 1.34. The number of nitrogens with one attached hydrogen (secondary N) is 3. The standard InChI is InChI=1S/C5H7N5/c1-2-6-8-5-3-7-10-9-4(1)5/h1-2,7,9-10H,3H2. The SMILES string of the molecule is c1cc2c(nn1)CNNN2. The van der Waals surface area contributed by atoms with Gasteiger partial charge >= 0.3 is 0 Å². The van der Waals surface area contributed by atoms with Crippen molar-refractivity contribution in [1.29, 1.82) is 0 Å². The Morgan fingerprint density at radius 2 is 2.50 bits per heavy atom. The molecule has 2 heterocycles. The lowest BCUT2D eigenvalue weighted by Crippen LogP contribution is -2.41. The van der Waals surface area contributed by atoms with Gasteiger partial charge in [-0.2, -0.15) is 15.7 Å². The number of hydrogen-bond donors (Lipinski definition) is 3. The van der Waals surface area contributed by atoms with E-state index < -0.39 is 0 Å². The van der Waals surface area contributed by atoms with Gasteiger partial charge in [0.15, 0.2) is 0 Å². The summed E-state index contributed by atoms with van der Waals surface area (Å²) >= 11 is 0. The molecule has 0 aromatic carbocycles. The van der Waals surface area contributed by atoms with Crippen molar-refractivity contribution < 1.29 is 0 Å². The van der Waals surface area contributed by atoms with Gasteiger partial charge in [0.05, 0.1) is 18.4 Å². The molecule has 0 aliphatic carbocycles. The summed E-state index contributed by atoms with van der Waals surface area (Å²) in [5.41, 5.74) is 10.5. The number of rotatable bonds is 0. The van der Waals surface area contributed by atoms with Gasteiger partial charge in [0.1, 0.15) is 5.69 Å². The van der Waals surface area contributed by atoms with Gasteiger partial charge in [0, 0.05) is 0 Å². The molecule has 0 amide bonds. The third kappa shape index (κ3) is 0.810. The average Bonchev–Trinajstić information content (AvgIpc) is 2.05. The molecule has 0 spiro atoms. The van der Waals surface area contributed by atoms with Crippen molar-refractivity contribution in [1.82, 2.24) is 21.2 Å². The predicted molar refractivity (Wildman–Crippen MR) is 35.6 cm³/mol. The number of fused-ring (bicyclic) bond motifs is 1. The Bertz CT molecular complexity index is 210. The molecule has 5 nitrogen and oxygen atoms in total. The van der Waals surface area contributed by atoms with Gasteiger partial charge in [0.2, 0.25) is 0 Å². The summed E-state index contributed by atoms with van der Waals surface area (Å²) in [4.78, 5) is 0. The maximum absolute atomic E-state index is 3.90. The molecule has 1 aromatic rings. The lowest BCUT2D eigenvalue weighted by Gasteiger charge is -2.17. The lowest BCUT2D eigenvalue weighted by molar-refractivity contribution is 0.552. The van der Waals surface area contributed by atoms with Gasteiger partial charge in [0.25, 0.3) is 0 Å². The van der Waals surface area contributed by atoms with Gasteiger partial charge in [-0.15, -0.1) is 0 Å². The molecule has 1 aliphatic rings. The van der Waals surface area contributed by atoms with E-state index in [0.717, 1.165) is 11.4 Å². The van der Waals surface area contributed by atoms with Crippen LogP contribution in [0.15, 0.2) is 12.3 Å². The Hall–Kier alpha value is -1.20. The number of aromatic nitrogens is 2. The van der Waals surface area contributed by atoms with Crippen molar-refractivity contribution in [2.45, 2.75) is 6.54 Å². The number of hydrogen-bond acceptors (Lipinski definition) is 5. The van der Waals surface area contributed by atoms with Crippen molar-refractivity contribution in [3.05, 3.63) is 18.0 Å². The van der Waals surface area contributed by atoms with E-state index in [9.17, 15) is 0 Å². The highest BCUT2D eigenvalue weighted by atomic mass is 15.6. The van der Waals surface area contributed by atoms with Crippen LogP contribution in [-0.4, -0.2) is 10.2 Å². The second kappa shape index (κ2) is 2.20. The van der Waals surface area contributed by atoms with Crippen molar-refractivity contribution >= 4 is 5.69 Å². The van der Waals surface area contributed by atoms with E-state index in [4.69, 9.17) is 0 Å². The summed E-state index contributed by atoms with van der Waals surface area (Å²) in [6.07, 6.45) is 1.65. The molecule has 0 saturated carbocycles. The molecular formula is C5H7N5. The van der Waals surface area contributed by atoms with Crippen molar-refractivity contribution in [2.24, 2.45) is 0 Å². The Morgan fingerprint density at radius 3 is 3.40 bits per heavy atom. The highest BCUT2D eigenvalue weighted by molar-refractivity contribution is 5.46. The van der Waals surface area contributed by atoms with Crippen LogP contribution in [0.3, 0.4) is 0 Å². The van der Waals surface area contributed by atoms with Gasteiger partial charge in [-0.25, -0.2) is 5.43 Å². The monoisotopic (exact) mass is 137 g/mol. The second-order valence-corrected chi connectivity index (χ2v) is 2.00. The molecule has 0 atom stereocenters. The Labute approximate surface area is 57.8 Å². The van der Waals surface area contributed by atoms with E-state index in [2.05, 4.69) is 26.6 Å². The van der Waals surface area contributed by atoms with E-state index in [1.54, 1.807) is 6.20 Å². The topological polar surface area (TPSA) is 61.9 Å². The first-order chi connectivity index (χ1) is 4.97. The minimum atomic E-state index is 0.705. The Kier molecular flexibility index (Phi) is 1.23. The Morgan fingerprint density at radius 1 is 1.50 bits per heavy atom. The molecule has 0 unspecified atom stereocenters. The fourth-order valence-corrected chi connectivity index (χ4v) is 0.845. The van der Waals surface area contributed by atoms with E-state index in [1.165, 1.54) is 0 Å². The van der Waals surface area contributed by atoms with Gasteiger partial charge < -0.3 is 5.43 Å². The van der Waals surface area contributed by atoms with Crippen LogP contribution < -0.4 is 16.4 Å². The predicted octanol–water partition coefficient (Wildman–Crippen LogP) is -0.589. The molecule has 1 aromatic heterocycles. The summed E-state index contributed by atoms with van der Waals surface area (Å²) < 4.78 is 0. The van der Waals surface area contributed by atoms with Gasteiger partial charge in [-0.3, -0.25) is 0 Å². The molecule has 5 heteroatoms. The molecular weight excluding hydrogens is 130 g/mol. The van der Waals surface area contributed by atoms with Gasteiger partial charge in [-0.05, 0) is 6.07 Å². The maximum Gasteiger partial charge on any atom is 0.103 e. The summed E-state index contributed by atoms with van der Waals surface area (Å²) in [5, 5.41) is 7.64. The molecule has 0 saturated heterocycles. The number of anilines is 1. The molecule has 0 bridgehead atoms. The molecule has 10 heavy (non-hydrogen) atoms. The normalized spacial score (nSPS) is 15.6. The zero-order valence-corrected chi connectivity index (χ0v) is 5.26. The lowest BCUT2D eigenvalue weighted by atomic mass is 10.3. The summed E-state index contributed by atoms with van der Waals surface area (Å²) in [7, 11) is 0. The quantitative estimate of drug-likeness (QED) is 0.446. The minimum Gasteiger partial charge on any atom is -0.306 e. The highest BCUT2D eigenvalue weighted by Gasteiger charge is 2.06. The number of nitrogens with zero attached hydrogens (tertiary/aromatic N) is 2. The fourth-order valence-electron chi connectivity index (χ4n) is 0.845. The van der Waals surface area contributed by atoms with Crippen molar-refractivity contribution in [2.75, 3.05) is 5.43 Å². The summed E-state index contributed by atoms with van der Waals surface area (Å²) in [6.45, 7) is 0.705. The smallest absolute Gasteiger partial charge is 0.103 e. The zero-order chi connectivity index (χ0) is 6.81. The molecule has 52 valence electrons. The van der Waals surface area contributed by atoms with Crippen LogP contribution in [0, 0.1) is 0 Å². The van der Waals surface area contributed by atoms with Crippen molar-refractivity contribution in [3.63, 3.8) is 0 Å². The summed E-state index contributed by atoms with van der Waals surface area (Å²) in [5.74, 6) is 0. The van der Waals surface area contributed by atoms with Crippen LogP contribution >= 0.6 is 0 Å². The maximum atomic E-state index is 3.90. The third-order valence-electron chi connectivity index (χ3n) is 1.34. The fraction of sp³-hybridized carbons (Fsp3) is 0.200. The van der Waals surface area contributed by atoms with E-state index >= 15 is 0 Å². The van der Waals surface area contributed by atoms with Crippen LogP contribution in [0.4, 0.5) is 5.69 Å². The average molecular weight is 137 g/mol. The van der Waals surface area contributed by atoms with Crippen LogP contribution in [0.25, 0.3) is 0 Å². The van der Waals surface area contributed by atoms with Crippen LogP contribution in [0.1, 0.15) is 5.69 Å².